The Labute approximate surface area is 250 Å². The van der Waals surface area contributed by atoms with E-state index in [0.717, 1.165) is 35.8 Å². The van der Waals surface area contributed by atoms with Gasteiger partial charge in [-0.05, 0) is 73.4 Å². The smallest absolute Gasteiger partial charge is 0.419 e. The fourth-order valence-corrected chi connectivity index (χ4v) is 6.66. The second-order valence-electron chi connectivity index (χ2n) is 11.7. The summed E-state index contributed by atoms with van der Waals surface area (Å²) in [6.07, 6.45) is 0.731. The second-order valence-corrected chi connectivity index (χ2v) is 11.7. The predicted octanol–water partition coefficient (Wildman–Crippen LogP) is 4.63. The fraction of sp³-hybridized carbons (Fsp3) is 0.419. The largest absolute Gasteiger partial charge is 0.496 e. The molecule has 232 valence electrons. The van der Waals surface area contributed by atoms with Crippen molar-refractivity contribution in [2.75, 3.05) is 19.0 Å². The van der Waals surface area contributed by atoms with Crippen molar-refractivity contribution in [2.45, 2.75) is 44.4 Å². The average Bonchev–Trinajstić information content (AvgIpc) is 3.56. The lowest BCUT2D eigenvalue weighted by Crippen LogP contribution is -2.48. The molecule has 2 bridgehead atoms. The number of anilines is 1. The van der Waals surface area contributed by atoms with Crippen molar-refractivity contribution >= 4 is 29.4 Å². The monoisotopic (exact) mass is 614 g/mol. The van der Waals surface area contributed by atoms with E-state index >= 15 is 0 Å². The van der Waals surface area contributed by atoms with Crippen LogP contribution in [0.5, 0.6) is 5.75 Å². The molecule has 2 aromatic carbocycles. The molecule has 4 atom stereocenters. The Bertz CT molecular complexity index is 1550. The van der Waals surface area contributed by atoms with Crippen molar-refractivity contribution in [3.63, 3.8) is 0 Å². The van der Waals surface area contributed by atoms with Gasteiger partial charge >= 0.3 is 12.2 Å². The van der Waals surface area contributed by atoms with Gasteiger partial charge in [-0.15, -0.1) is 0 Å². The van der Waals surface area contributed by atoms with Crippen LogP contribution in [0.3, 0.4) is 0 Å². The number of carbonyl (C=O) groups is 4. The van der Waals surface area contributed by atoms with E-state index in [1.807, 2.05) is 0 Å². The summed E-state index contributed by atoms with van der Waals surface area (Å²) in [7, 11) is 1.39. The number of benzene rings is 2. The molecule has 2 aromatic rings. The maximum atomic E-state index is 13.9. The second kappa shape index (κ2) is 11.3. The fourth-order valence-electron chi connectivity index (χ4n) is 6.66. The Morgan fingerprint density at radius 2 is 1.82 bits per heavy atom. The molecule has 4 aliphatic rings. The van der Waals surface area contributed by atoms with E-state index in [2.05, 4.69) is 22.0 Å². The summed E-state index contributed by atoms with van der Waals surface area (Å²) >= 11 is 0. The Balaban J connectivity index is 1.27. The molecular formula is C31H30F4N4O5. The Kier molecular flexibility index (Phi) is 7.58. The Hall–Kier alpha value is -4.42. The van der Waals surface area contributed by atoms with E-state index in [9.17, 15) is 36.7 Å². The molecule has 3 aliphatic carbocycles. The molecule has 4 fully saturated rings. The van der Waals surface area contributed by atoms with Crippen LogP contribution in [0.15, 0.2) is 48.0 Å². The maximum Gasteiger partial charge on any atom is 0.419 e. The summed E-state index contributed by atoms with van der Waals surface area (Å²) < 4.78 is 59.2. The molecule has 9 nitrogen and oxygen atoms in total. The normalized spacial score (nSPS) is 25.4. The number of methoxy groups -OCH3 is 1. The number of allylic oxidation sites excluding steroid dienone is 1. The van der Waals surface area contributed by atoms with Gasteiger partial charge in [0.15, 0.2) is 0 Å². The van der Waals surface area contributed by atoms with Crippen LogP contribution in [0.2, 0.25) is 0 Å². The van der Waals surface area contributed by atoms with Gasteiger partial charge in [-0.25, -0.2) is 9.18 Å². The predicted molar refractivity (Wildman–Crippen MR) is 149 cm³/mol. The summed E-state index contributed by atoms with van der Waals surface area (Å²) in [6.45, 7) is -0.165. The number of nitrogens with zero attached hydrogens (tertiary/aromatic N) is 1. The first kappa shape index (κ1) is 29.6. The van der Waals surface area contributed by atoms with Crippen LogP contribution < -0.4 is 20.7 Å². The average molecular weight is 615 g/mol. The molecule has 3 saturated carbocycles. The van der Waals surface area contributed by atoms with Gasteiger partial charge in [0.05, 0.1) is 37.2 Å². The van der Waals surface area contributed by atoms with E-state index in [4.69, 9.17) is 4.74 Å². The molecule has 44 heavy (non-hydrogen) atoms. The van der Waals surface area contributed by atoms with E-state index in [1.54, 1.807) is 12.1 Å². The molecular weight excluding hydrogens is 584 g/mol. The van der Waals surface area contributed by atoms with Crippen LogP contribution in [0.4, 0.5) is 28.0 Å². The minimum absolute atomic E-state index is 0.0556. The highest BCUT2D eigenvalue weighted by molar-refractivity contribution is 6.02. The van der Waals surface area contributed by atoms with Gasteiger partial charge in [0.25, 0.3) is 5.91 Å². The molecule has 0 radical (unpaired) electrons. The number of nitrogens with one attached hydrogen (secondary N) is 3. The van der Waals surface area contributed by atoms with Crippen LogP contribution in [-0.2, 0) is 22.3 Å². The molecule has 0 spiro atoms. The van der Waals surface area contributed by atoms with E-state index in [0.29, 0.717) is 30.0 Å². The summed E-state index contributed by atoms with van der Waals surface area (Å²) in [5.74, 6) is -3.42. The van der Waals surface area contributed by atoms with Crippen molar-refractivity contribution in [1.82, 2.24) is 15.5 Å². The highest BCUT2D eigenvalue weighted by Gasteiger charge is 2.55. The van der Waals surface area contributed by atoms with Crippen LogP contribution in [0.25, 0.3) is 0 Å². The van der Waals surface area contributed by atoms with Gasteiger partial charge in [-0.3, -0.25) is 19.3 Å². The van der Waals surface area contributed by atoms with Crippen molar-refractivity contribution < 1.29 is 41.5 Å². The molecule has 1 heterocycles. The third-order valence-electron chi connectivity index (χ3n) is 8.88. The molecule has 6 rings (SSSR count). The lowest BCUT2D eigenvalue weighted by molar-refractivity contribution is -0.140. The SMILES string of the molecule is COc1ccc(CN2C(=O)CNC2=O)cc1C(=O)N[C@@H]1C2CCC(/C2=C/C2CC2)[C@@H]1C(=O)Nc1ccc(F)c(C(F)(F)F)c1. The summed E-state index contributed by atoms with van der Waals surface area (Å²) in [5, 5.41) is 7.99. The number of rotatable bonds is 8. The van der Waals surface area contributed by atoms with Crippen molar-refractivity contribution in [2.24, 2.45) is 23.7 Å². The Morgan fingerprint density at radius 3 is 2.48 bits per heavy atom. The van der Waals surface area contributed by atoms with Gasteiger partial charge in [0, 0.05) is 17.6 Å². The first-order valence-electron chi connectivity index (χ1n) is 14.4. The number of ether oxygens (including phenoxy) is 1. The number of hydrogen-bond donors (Lipinski definition) is 3. The highest BCUT2D eigenvalue weighted by Crippen LogP contribution is 2.54. The number of carbonyl (C=O) groups excluding carboxylic acids is 4. The van der Waals surface area contributed by atoms with Gasteiger partial charge in [0.2, 0.25) is 11.8 Å². The Morgan fingerprint density at radius 1 is 1.07 bits per heavy atom. The van der Waals surface area contributed by atoms with Crippen LogP contribution in [0.1, 0.15) is 47.2 Å². The van der Waals surface area contributed by atoms with Gasteiger partial charge in [-0.1, -0.05) is 17.7 Å². The summed E-state index contributed by atoms with van der Waals surface area (Å²) in [4.78, 5) is 52.6. The third-order valence-corrected chi connectivity index (χ3v) is 8.88. The molecule has 0 aromatic heterocycles. The first-order valence-corrected chi connectivity index (χ1v) is 14.4. The van der Waals surface area contributed by atoms with Gasteiger partial charge < -0.3 is 20.7 Å². The first-order chi connectivity index (χ1) is 20.9. The van der Waals surface area contributed by atoms with Crippen molar-refractivity contribution in [1.29, 1.82) is 0 Å². The number of alkyl halides is 3. The molecule has 1 saturated heterocycles. The molecule has 3 N–H and O–H groups in total. The van der Waals surface area contributed by atoms with E-state index in [1.165, 1.54) is 13.2 Å². The van der Waals surface area contributed by atoms with Gasteiger partial charge in [-0.2, -0.15) is 13.2 Å². The molecule has 2 unspecified atom stereocenters. The van der Waals surface area contributed by atoms with Gasteiger partial charge in [0.1, 0.15) is 11.6 Å². The number of halogens is 4. The number of hydrogen-bond acceptors (Lipinski definition) is 5. The minimum Gasteiger partial charge on any atom is -0.496 e. The van der Waals surface area contributed by atoms with E-state index in [-0.39, 0.29) is 41.9 Å². The maximum absolute atomic E-state index is 13.9. The lowest BCUT2D eigenvalue weighted by atomic mass is 9.83. The minimum atomic E-state index is -4.94. The standard InChI is InChI=1S/C31H30F4N4O5/c1-44-24-9-4-16(14-39-25(40)13-36-30(39)43)11-21(24)28(41)38-27-19-7-6-18(20(19)10-15-2-3-15)26(27)29(42)37-17-5-8-23(32)22(12-17)31(33,34)35/h4-5,8-12,15,18-19,26-27H,2-3,6-7,13-14H2,1H3,(H,36,43)(H,37,42)(H,38,41)/b20-10-/t18?,19?,26-,27+/m0/s1. The van der Waals surface area contributed by atoms with Crippen LogP contribution in [-0.4, -0.2) is 48.3 Å². The third kappa shape index (κ3) is 5.62. The molecule has 5 amide bonds. The highest BCUT2D eigenvalue weighted by atomic mass is 19.4. The van der Waals surface area contributed by atoms with Crippen LogP contribution >= 0.6 is 0 Å². The van der Waals surface area contributed by atoms with E-state index < -0.39 is 53.3 Å². The quantitative estimate of drug-likeness (QED) is 0.228. The number of amides is 5. The zero-order valence-electron chi connectivity index (χ0n) is 23.7. The van der Waals surface area contributed by atoms with Crippen LogP contribution in [0, 0.1) is 29.5 Å². The number of imide groups is 1. The summed E-state index contributed by atoms with van der Waals surface area (Å²) in [6, 6.07) is 5.82. The molecule has 1 aliphatic heterocycles. The zero-order valence-corrected chi connectivity index (χ0v) is 23.7. The topological polar surface area (TPSA) is 117 Å². The zero-order chi connectivity index (χ0) is 31.3. The summed E-state index contributed by atoms with van der Waals surface area (Å²) in [5.41, 5.74) is 0.0451. The lowest BCUT2D eigenvalue weighted by Gasteiger charge is -2.30. The molecule has 13 heteroatoms. The van der Waals surface area contributed by atoms with Crippen molar-refractivity contribution in [3.8, 4) is 5.75 Å². The number of fused-ring (bicyclic) bond motifs is 2. The van der Waals surface area contributed by atoms with Crippen molar-refractivity contribution in [3.05, 3.63) is 70.6 Å². The number of urea groups is 1.